The Kier molecular flexibility index (Phi) is 24.5. The van der Waals surface area contributed by atoms with Crippen LogP contribution in [0.15, 0.2) is 58.8 Å². The summed E-state index contributed by atoms with van der Waals surface area (Å²) in [7, 11) is 0. The fourth-order valence-corrected chi connectivity index (χ4v) is 12.2. The zero-order valence-electron chi connectivity index (χ0n) is 48.1. The molecule has 21 heterocycles. The maximum absolute atomic E-state index is 11.9. The quantitative estimate of drug-likeness (QED) is 0.0734. The Morgan fingerprint density at radius 2 is 0.467 bits per heavy atom. The number of rotatable bonds is 11. The van der Waals surface area contributed by atoms with E-state index in [4.69, 9.17) is 71.1 Å². The molecule has 21 fully saturated rings. The van der Waals surface area contributed by atoms with E-state index in [1.165, 1.54) is 24.3 Å². The monoisotopic (exact) mass is 1440 g/mol. The van der Waals surface area contributed by atoms with E-state index in [9.17, 15) is 102 Å². The van der Waals surface area contributed by atoms with Crippen LogP contribution in [0.4, 0.5) is 11.4 Å². The van der Waals surface area contributed by atoms with Gasteiger partial charge in [0.15, 0.2) is 44.0 Å². The smallest absolute Gasteiger partial charge is 0.187 e. The second-order valence-corrected chi connectivity index (χ2v) is 24.2. The fourth-order valence-electron chi connectivity index (χ4n) is 11.8. The number of halogens is 1. The third-order valence-electron chi connectivity index (χ3n) is 17.0. The number of azo groups is 1. The number of aliphatic hydroxyl groups excluding tert-OH is 20. The number of ether oxygens (including phenoxy) is 15. The van der Waals surface area contributed by atoms with Gasteiger partial charge in [-0.2, -0.15) is 10.2 Å². The average molecular weight is 1440 g/mol. The molecule has 92 heavy (non-hydrogen) atoms. The summed E-state index contributed by atoms with van der Waals surface area (Å²) in [5.74, 6) is 0.146. The van der Waals surface area contributed by atoms with Crippen molar-refractivity contribution >= 4 is 34.0 Å². The van der Waals surface area contributed by atoms with Gasteiger partial charge in [0, 0.05) is 3.57 Å². The average Bonchev–Trinajstić information content (AvgIpc) is 0.789. The van der Waals surface area contributed by atoms with E-state index in [0.29, 0.717) is 11.4 Å². The van der Waals surface area contributed by atoms with Crippen molar-refractivity contribution in [3.05, 3.63) is 52.1 Å². The molecule has 38 heteroatoms. The highest BCUT2D eigenvalue weighted by atomic mass is 127. The van der Waals surface area contributed by atoms with Gasteiger partial charge >= 0.3 is 0 Å². The molecular weight excluding hydrogens is 1360 g/mol. The second kappa shape index (κ2) is 31.4. The first kappa shape index (κ1) is 72.0. The molecule has 2 aromatic carbocycles. The van der Waals surface area contributed by atoms with E-state index < -0.39 is 261 Å². The summed E-state index contributed by atoms with van der Waals surface area (Å²) < 4.78 is 88.6. The molecule has 0 radical (unpaired) electrons. The molecule has 2 aromatic rings. The summed E-state index contributed by atoms with van der Waals surface area (Å²) in [5, 5.41) is 233. The number of hydrogen-bond donors (Lipinski definition) is 20. The first-order valence-electron chi connectivity index (χ1n) is 29.3. The minimum atomic E-state index is -2.23. The van der Waals surface area contributed by atoms with E-state index in [2.05, 4.69) is 32.8 Å². The van der Waals surface area contributed by atoms with Crippen LogP contribution >= 0.6 is 22.6 Å². The largest absolute Gasteiger partial charge is 0.491 e. The molecule has 0 unspecified atom stereocenters. The van der Waals surface area contributed by atoms with Crippen LogP contribution in [0.3, 0.4) is 0 Å². The third kappa shape index (κ3) is 15.1. The summed E-state index contributed by atoms with van der Waals surface area (Å²) >= 11 is 2.14. The predicted octanol–water partition coefficient (Wildman–Crippen LogP) is -10.1. The Morgan fingerprint density at radius 1 is 0.272 bits per heavy atom. The van der Waals surface area contributed by atoms with Gasteiger partial charge in [-0.25, -0.2) is 0 Å². The molecule has 20 N–H and O–H groups in total. The van der Waals surface area contributed by atoms with Crippen molar-refractivity contribution < 1.29 is 173 Å². The molecule has 520 valence electrons. The van der Waals surface area contributed by atoms with Crippen LogP contribution in [0, 0.1) is 3.57 Å². The molecular formula is C54H77IN2O35. The summed E-state index contributed by atoms with van der Waals surface area (Å²) in [5.41, 5.74) is 0.960. The van der Waals surface area contributed by atoms with Gasteiger partial charge in [0.25, 0.3) is 0 Å². The lowest BCUT2D eigenvalue weighted by Gasteiger charge is -2.50. The highest BCUT2D eigenvalue weighted by Gasteiger charge is 2.60. The van der Waals surface area contributed by atoms with Crippen LogP contribution in [0.2, 0.25) is 0 Å². The summed E-state index contributed by atoms with van der Waals surface area (Å²) in [4.78, 5) is 0. The van der Waals surface area contributed by atoms with Gasteiger partial charge in [0.2, 0.25) is 0 Å². The standard InChI is InChI=1S/C54H77IN2O35/c55-16-1-3-17(4-2-16)56-57-18-5-7-19(8-6-18)78-15-26-47-33(70)40(77)54(85-26)91-46-25(14-63)83-52(38(75)31(46)68)89-44-23(12-61)81-50(36(73)29(44)66)87-42-21(10-59)79-48(34(71)27(42)64)86-41-20(9-58)80-49(35(72)28(41)65)88-43-22(11-60)82-51(37(74)30(43)67)90-45-24(13-62)84-53(92-47)39(76)32(45)69/h1-8,20-54,58-77H,9-15H2/t20-,21-,22-,23-,24-,25-,26-,27-,28-,29-,30-,31-,32-,33-,34-,35-,36-,37-,38-,39-,40-,41-,42-,43-,44-,45-,46-,47-,48-,49-,50-,51-,52-,53-,54-/m1/s1. The summed E-state index contributed by atoms with van der Waals surface area (Å²) in [6.45, 7) is -6.96. The maximum Gasteiger partial charge on any atom is 0.187 e. The lowest BCUT2D eigenvalue weighted by Crippen LogP contribution is -2.68. The maximum atomic E-state index is 11.9. The van der Waals surface area contributed by atoms with Gasteiger partial charge in [0.1, 0.15) is 183 Å². The molecule has 37 nitrogen and oxygen atoms in total. The van der Waals surface area contributed by atoms with Crippen molar-refractivity contribution in [2.45, 2.75) is 215 Å². The molecule has 0 saturated carbocycles. The Hall–Kier alpha value is -2.79. The minimum Gasteiger partial charge on any atom is -0.491 e. The first-order valence-corrected chi connectivity index (χ1v) is 30.4. The molecule has 0 aromatic heterocycles. The van der Waals surface area contributed by atoms with Crippen molar-refractivity contribution in [1.29, 1.82) is 0 Å². The summed E-state index contributed by atoms with van der Waals surface area (Å²) in [6.07, 6.45) is -70.7. The Bertz CT molecular complexity index is 2640. The third-order valence-corrected chi connectivity index (χ3v) is 17.7. The van der Waals surface area contributed by atoms with Gasteiger partial charge in [-0.15, -0.1) is 0 Å². The van der Waals surface area contributed by atoms with E-state index in [0.717, 1.165) is 3.57 Å². The number of nitrogens with zero attached hydrogens (tertiary/aromatic N) is 2. The van der Waals surface area contributed by atoms with Crippen molar-refractivity contribution in [3.8, 4) is 5.75 Å². The normalized spacial score (nSPS) is 48.2. The van der Waals surface area contributed by atoms with E-state index in [1.807, 2.05) is 12.1 Å². The highest BCUT2D eigenvalue weighted by Crippen LogP contribution is 2.39. The van der Waals surface area contributed by atoms with Crippen molar-refractivity contribution in [3.63, 3.8) is 0 Å². The van der Waals surface area contributed by atoms with Crippen LogP contribution in [-0.2, 0) is 66.3 Å². The molecule has 35 atom stereocenters. The first-order chi connectivity index (χ1) is 44.0. The van der Waals surface area contributed by atoms with Gasteiger partial charge < -0.3 is 173 Å². The Labute approximate surface area is 534 Å². The zero-order chi connectivity index (χ0) is 66.1. The topological polar surface area (TPSA) is 568 Å². The molecule has 0 amide bonds. The molecule has 21 aliphatic heterocycles. The van der Waals surface area contributed by atoms with Crippen LogP contribution in [0.25, 0.3) is 0 Å². The predicted molar refractivity (Wildman–Crippen MR) is 297 cm³/mol. The molecule has 0 spiro atoms. The second-order valence-electron chi connectivity index (χ2n) is 23.0. The van der Waals surface area contributed by atoms with Crippen LogP contribution in [-0.4, -0.2) is 363 Å². The van der Waals surface area contributed by atoms with E-state index in [-0.39, 0.29) is 5.75 Å². The van der Waals surface area contributed by atoms with Crippen molar-refractivity contribution in [1.82, 2.24) is 0 Å². The highest BCUT2D eigenvalue weighted by molar-refractivity contribution is 14.1. The fraction of sp³-hybridized carbons (Fsp3) is 0.778. The van der Waals surface area contributed by atoms with Crippen molar-refractivity contribution in [2.75, 3.05) is 46.2 Å². The van der Waals surface area contributed by atoms with Gasteiger partial charge in [-0.05, 0) is 71.1 Å². The summed E-state index contributed by atoms with van der Waals surface area (Å²) in [6, 6.07) is 13.2. The number of hydrogen-bond acceptors (Lipinski definition) is 37. The van der Waals surface area contributed by atoms with Gasteiger partial charge in [-0.1, -0.05) is 0 Å². The molecule has 21 saturated heterocycles. The van der Waals surface area contributed by atoms with Crippen LogP contribution < -0.4 is 4.74 Å². The molecule has 23 rings (SSSR count). The zero-order valence-corrected chi connectivity index (χ0v) is 50.3. The number of aliphatic hydroxyl groups is 20. The van der Waals surface area contributed by atoms with Gasteiger partial charge in [-0.3, -0.25) is 0 Å². The number of benzene rings is 2. The lowest BCUT2D eigenvalue weighted by molar-refractivity contribution is -0.396. The Morgan fingerprint density at radius 3 is 0.685 bits per heavy atom. The Balaban J connectivity index is 0.937. The minimum absolute atomic E-state index is 0.146. The van der Waals surface area contributed by atoms with E-state index >= 15 is 0 Å². The van der Waals surface area contributed by atoms with Crippen LogP contribution in [0.5, 0.6) is 5.75 Å². The van der Waals surface area contributed by atoms with E-state index in [1.54, 1.807) is 12.1 Å². The lowest BCUT2D eigenvalue weighted by atomic mass is 9.95. The SMILES string of the molecule is OC[C@H]1O[C@@H]2O[C@H]3[C@H](O)[C@@H](O)[C@@H](O[C@H]4[C@H](O)[C@@H](O)[C@@H](O[C@H]5[C@H](O)[C@@H](O)[C@@H](O[C@H]6[C@H](O)[C@@H](O)[C@@H](O[C@H]7[C@H](O)[C@@H](O)[C@@H](O[C@H]8[C@H](O)[C@@H](O)[C@@H](O[C@H]1[C@H](O)[C@H]2O)O[C@@H]8CO)O[C@@H]7CO)O[C@@H]6CO)O[C@@H]5COc1ccc(N=Nc2ccc(I)cc2)cc1)O[C@@H]4CO)O[C@@H]3CO. The van der Waals surface area contributed by atoms with Gasteiger partial charge in [0.05, 0.1) is 51.0 Å². The van der Waals surface area contributed by atoms with Crippen LogP contribution in [0.1, 0.15) is 0 Å². The molecule has 14 bridgehead atoms. The molecule has 0 aliphatic carbocycles. The van der Waals surface area contributed by atoms with Crippen molar-refractivity contribution in [2.24, 2.45) is 10.2 Å². The molecule has 21 aliphatic rings.